The summed E-state index contributed by atoms with van der Waals surface area (Å²) in [5, 5.41) is 17.6. The van der Waals surface area contributed by atoms with Crippen LogP contribution in [-0.2, 0) is 25.1 Å². The highest BCUT2D eigenvalue weighted by Gasteiger charge is 2.21. The van der Waals surface area contributed by atoms with E-state index >= 15 is 0 Å². The summed E-state index contributed by atoms with van der Waals surface area (Å²) in [5.41, 5.74) is 1.16. The van der Waals surface area contributed by atoms with Gasteiger partial charge in [0.2, 0.25) is 0 Å². The molecule has 2 atom stereocenters. The van der Waals surface area contributed by atoms with E-state index in [-0.39, 0.29) is 19.0 Å². The fraction of sp³-hybridized carbons (Fsp3) is 0.467. The highest BCUT2D eigenvalue weighted by Crippen LogP contribution is 2.28. The van der Waals surface area contributed by atoms with Crippen LogP contribution in [0.2, 0.25) is 0 Å². The zero-order chi connectivity index (χ0) is 16.4. The van der Waals surface area contributed by atoms with E-state index in [1.807, 2.05) is 30.3 Å². The number of benzene rings is 1. The lowest BCUT2D eigenvalue weighted by atomic mass is 10.1. The highest BCUT2D eigenvalue weighted by molar-refractivity contribution is 7.39. The normalized spacial score (nSPS) is 13.5. The van der Waals surface area contributed by atoms with Gasteiger partial charge in [0.15, 0.2) is 8.03 Å². The third-order valence-electron chi connectivity index (χ3n) is 3.18. The van der Waals surface area contributed by atoms with E-state index in [0.717, 1.165) is 12.0 Å². The summed E-state index contributed by atoms with van der Waals surface area (Å²) in [6.45, 7) is 0.304. The van der Waals surface area contributed by atoms with Crippen LogP contribution in [0, 0.1) is 5.92 Å². The maximum absolute atomic E-state index is 11.8. The van der Waals surface area contributed by atoms with Crippen molar-refractivity contribution >= 4 is 20.0 Å². The molecule has 0 spiro atoms. The molecule has 122 valence electrons. The Bertz CT molecular complexity index is 502. The molecule has 0 aliphatic carbocycles. The molecule has 0 aromatic heterocycles. The summed E-state index contributed by atoms with van der Waals surface area (Å²) in [4.78, 5) is 21.5. The number of rotatable bonds is 11. The Morgan fingerprint density at radius 2 is 1.86 bits per heavy atom. The maximum atomic E-state index is 11.8. The monoisotopic (exact) mass is 328 g/mol. The van der Waals surface area contributed by atoms with Gasteiger partial charge < -0.3 is 14.7 Å². The number of aliphatic carboxylic acids is 2. The predicted octanol–water partition coefficient (Wildman–Crippen LogP) is 2.68. The average Bonchev–Trinajstić information content (AvgIpc) is 2.48. The van der Waals surface area contributed by atoms with Crippen LogP contribution in [0.5, 0.6) is 0 Å². The Hall–Kier alpha value is -1.65. The van der Waals surface area contributed by atoms with Crippen LogP contribution in [0.25, 0.3) is 0 Å². The van der Waals surface area contributed by atoms with E-state index in [0.29, 0.717) is 13.0 Å². The van der Waals surface area contributed by atoms with Crippen LogP contribution < -0.4 is 0 Å². The summed E-state index contributed by atoms with van der Waals surface area (Å²) >= 11 is 0. The molecule has 0 aliphatic heterocycles. The fourth-order valence-electron chi connectivity index (χ4n) is 1.98. The number of hydrogen-bond acceptors (Lipinski definition) is 4. The summed E-state index contributed by atoms with van der Waals surface area (Å²) < 4.78 is 17.0. The van der Waals surface area contributed by atoms with E-state index in [4.69, 9.17) is 14.7 Å². The molecule has 0 amide bonds. The van der Waals surface area contributed by atoms with Crippen molar-refractivity contribution in [3.8, 4) is 0 Å². The first-order valence-electron chi connectivity index (χ1n) is 7.13. The van der Waals surface area contributed by atoms with Crippen LogP contribution in [0.1, 0.15) is 24.8 Å². The molecule has 1 aromatic rings. The number of carboxylic acids is 2. The Labute approximate surface area is 130 Å². The van der Waals surface area contributed by atoms with Crippen molar-refractivity contribution in [1.29, 1.82) is 0 Å². The van der Waals surface area contributed by atoms with E-state index in [9.17, 15) is 14.2 Å². The van der Waals surface area contributed by atoms with Crippen molar-refractivity contribution in [3.63, 3.8) is 0 Å². The standard InChI is InChI=1S/C15H21O6P/c16-14(17)9-8-13(15(18)19)11-22(20)21-10-4-7-12-5-2-1-3-6-12/h1-3,5-6,13,22H,4,7-11H2,(H,16,17)(H,18,19). The molecule has 2 N–H and O–H groups in total. The van der Waals surface area contributed by atoms with Gasteiger partial charge in [-0.05, 0) is 24.8 Å². The number of aryl methyl sites for hydroxylation is 1. The summed E-state index contributed by atoms with van der Waals surface area (Å²) in [6, 6.07) is 9.81. The minimum Gasteiger partial charge on any atom is -0.481 e. The maximum Gasteiger partial charge on any atom is 0.307 e. The van der Waals surface area contributed by atoms with Gasteiger partial charge in [0, 0.05) is 12.6 Å². The molecule has 1 aromatic carbocycles. The molecule has 22 heavy (non-hydrogen) atoms. The van der Waals surface area contributed by atoms with Gasteiger partial charge in [-0.2, -0.15) is 0 Å². The number of carboxylic acid groups (broad SMARTS) is 2. The highest BCUT2D eigenvalue weighted by atomic mass is 31.1. The fourth-order valence-corrected chi connectivity index (χ4v) is 3.25. The summed E-state index contributed by atoms with van der Waals surface area (Å²) in [5.74, 6) is -3.13. The van der Waals surface area contributed by atoms with E-state index in [1.54, 1.807) is 0 Å². The SMILES string of the molecule is O=C(O)CCC(C[PH](=O)OCCCc1ccccc1)C(=O)O. The smallest absolute Gasteiger partial charge is 0.307 e. The zero-order valence-electron chi connectivity index (χ0n) is 12.2. The lowest BCUT2D eigenvalue weighted by Gasteiger charge is -2.11. The summed E-state index contributed by atoms with van der Waals surface area (Å²) in [7, 11) is -2.46. The van der Waals surface area contributed by atoms with Gasteiger partial charge in [-0.1, -0.05) is 30.3 Å². The van der Waals surface area contributed by atoms with Crippen molar-refractivity contribution in [3.05, 3.63) is 35.9 Å². The minimum absolute atomic E-state index is 0.0333. The lowest BCUT2D eigenvalue weighted by molar-refractivity contribution is -0.142. The van der Waals surface area contributed by atoms with Gasteiger partial charge in [-0.25, -0.2) is 0 Å². The largest absolute Gasteiger partial charge is 0.481 e. The molecule has 0 saturated carbocycles. The first kappa shape index (κ1) is 18.4. The van der Waals surface area contributed by atoms with Crippen molar-refractivity contribution in [2.45, 2.75) is 25.7 Å². The molecule has 0 bridgehead atoms. The third kappa shape index (κ3) is 7.96. The Morgan fingerprint density at radius 3 is 2.45 bits per heavy atom. The van der Waals surface area contributed by atoms with Crippen LogP contribution in [0.3, 0.4) is 0 Å². The molecule has 0 saturated heterocycles. The molecule has 0 fully saturated rings. The molecule has 1 rings (SSSR count). The molecular weight excluding hydrogens is 307 g/mol. The Morgan fingerprint density at radius 1 is 1.18 bits per heavy atom. The molecule has 6 nitrogen and oxygen atoms in total. The first-order chi connectivity index (χ1) is 10.5. The second-order valence-electron chi connectivity index (χ2n) is 4.98. The summed E-state index contributed by atoms with van der Waals surface area (Å²) in [6.07, 6.45) is 1.11. The van der Waals surface area contributed by atoms with E-state index in [2.05, 4.69) is 0 Å². The number of carbonyl (C=O) groups is 2. The van der Waals surface area contributed by atoms with Gasteiger partial charge >= 0.3 is 11.9 Å². The van der Waals surface area contributed by atoms with Gasteiger partial charge in [0.05, 0.1) is 12.5 Å². The Balaban J connectivity index is 2.25. The molecule has 7 heteroatoms. The lowest BCUT2D eigenvalue weighted by Crippen LogP contribution is -2.18. The van der Waals surface area contributed by atoms with Gasteiger partial charge in [0.1, 0.15) is 0 Å². The second-order valence-corrected chi connectivity index (χ2v) is 6.42. The van der Waals surface area contributed by atoms with Crippen molar-refractivity contribution in [2.24, 2.45) is 5.92 Å². The van der Waals surface area contributed by atoms with Crippen LogP contribution in [0.15, 0.2) is 30.3 Å². The van der Waals surface area contributed by atoms with E-state index in [1.165, 1.54) is 0 Å². The second kappa shape index (κ2) is 10.1. The van der Waals surface area contributed by atoms with Crippen LogP contribution in [-0.4, -0.2) is 34.9 Å². The zero-order valence-corrected chi connectivity index (χ0v) is 13.2. The average molecular weight is 328 g/mol. The van der Waals surface area contributed by atoms with Gasteiger partial charge in [-0.3, -0.25) is 14.2 Å². The Kier molecular flexibility index (Phi) is 8.48. The minimum atomic E-state index is -2.46. The molecule has 0 radical (unpaired) electrons. The topological polar surface area (TPSA) is 101 Å². The number of hydrogen-bond donors (Lipinski definition) is 2. The van der Waals surface area contributed by atoms with Crippen molar-refractivity contribution < 1.29 is 28.9 Å². The predicted molar refractivity (Wildman–Crippen MR) is 82.6 cm³/mol. The van der Waals surface area contributed by atoms with Gasteiger partial charge in [0.25, 0.3) is 0 Å². The molecular formula is C15H21O6P. The molecule has 0 aliphatic rings. The van der Waals surface area contributed by atoms with Crippen LogP contribution >= 0.6 is 8.03 Å². The third-order valence-corrected chi connectivity index (χ3v) is 4.54. The van der Waals surface area contributed by atoms with Crippen molar-refractivity contribution in [1.82, 2.24) is 0 Å². The van der Waals surface area contributed by atoms with E-state index < -0.39 is 25.9 Å². The molecule has 0 heterocycles. The van der Waals surface area contributed by atoms with Crippen LogP contribution in [0.4, 0.5) is 0 Å². The van der Waals surface area contributed by atoms with Crippen molar-refractivity contribution in [2.75, 3.05) is 12.8 Å². The first-order valence-corrected chi connectivity index (χ1v) is 8.65. The molecule has 2 unspecified atom stereocenters. The quantitative estimate of drug-likeness (QED) is 0.478. The van der Waals surface area contributed by atoms with Gasteiger partial charge in [-0.15, -0.1) is 0 Å².